The number of likely N-dealkylation sites (N-methyl/N-ethyl adjacent to an activating group) is 1. The first kappa shape index (κ1) is 15.8. The van der Waals surface area contributed by atoms with Crippen molar-refractivity contribution in [3.8, 4) is 0 Å². The second-order valence-corrected chi connectivity index (χ2v) is 5.39. The van der Waals surface area contributed by atoms with Crippen molar-refractivity contribution in [2.45, 2.75) is 44.7 Å². The van der Waals surface area contributed by atoms with Gasteiger partial charge < -0.3 is 20.2 Å². The van der Waals surface area contributed by atoms with Gasteiger partial charge in [-0.25, -0.2) is 4.79 Å². The van der Waals surface area contributed by atoms with Crippen molar-refractivity contribution in [2.24, 2.45) is 0 Å². The van der Waals surface area contributed by atoms with Crippen molar-refractivity contribution in [1.82, 2.24) is 15.1 Å². The topological polar surface area (TPSA) is 72.9 Å². The van der Waals surface area contributed by atoms with Crippen LogP contribution in [0.25, 0.3) is 0 Å². The van der Waals surface area contributed by atoms with Gasteiger partial charge in [0, 0.05) is 25.2 Å². The van der Waals surface area contributed by atoms with E-state index in [1.165, 1.54) is 0 Å². The minimum absolute atomic E-state index is 0.00940. The fourth-order valence-electron chi connectivity index (χ4n) is 2.40. The molecule has 0 aliphatic carbocycles. The summed E-state index contributed by atoms with van der Waals surface area (Å²) in [5, 5.41) is 11.7. The van der Waals surface area contributed by atoms with E-state index in [1.54, 1.807) is 4.90 Å². The van der Waals surface area contributed by atoms with E-state index in [4.69, 9.17) is 5.11 Å². The van der Waals surface area contributed by atoms with Crippen LogP contribution in [0.5, 0.6) is 0 Å². The van der Waals surface area contributed by atoms with Gasteiger partial charge in [0.05, 0.1) is 6.42 Å². The summed E-state index contributed by atoms with van der Waals surface area (Å²) in [7, 11) is 4.02. The number of nitrogens with zero attached hydrogens (tertiary/aromatic N) is 2. The van der Waals surface area contributed by atoms with Crippen LogP contribution >= 0.6 is 0 Å². The largest absolute Gasteiger partial charge is 0.481 e. The Kier molecular flexibility index (Phi) is 6.08. The quantitative estimate of drug-likeness (QED) is 0.755. The van der Waals surface area contributed by atoms with Gasteiger partial charge in [0.15, 0.2) is 0 Å². The van der Waals surface area contributed by atoms with E-state index < -0.39 is 5.97 Å². The Bertz CT molecular complexity index is 320. The molecule has 2 unspecified atom stereocenters. The molecule has 1 aliphatic heterocycles. The number of aliphatic carboxylic acids is 1. The van der Waals surface area contributed by atoms with E-state index in [0.29, 0.717) is 19.0 Å². The summed E-state index contributed by atoms with van der Waals surface area (Å²) in [6.45, 7) is 3.43. The van der Waals surface area contributed by atoms with Gasteiger partial charge in [0.25, 0.3) is 0 Å². The molecule has 19 heavy (non-hydrogen) atoms. The van der Waals surface area contributed by atoms with E-state index in [0.717, 1.165) is 19.4 Å². The summed E-state index contributed by atoms with van der Waals surface area (Å²) < 4.78 is 0. The zero-order valence-electron chi connectivity index (χ0n) is 12.1. The third-order valence-corrected chi connectivity index (χ3v) is 3.57. The summed E-state index contributed by atoms with van der Waals surface area (Å²) in [6.07, 6.45) is 2.52. The minimum Gasteiger partial charge on any atom is -0.481 e. The maximum Gasteiger partial charge on any atom is 0.317 e. The average molecular weight is 271 g/mol. The Hall–Kier alpha value is -1.30. The smallest absolute Gasteiger partial charge is 0.317 e. The first-order chi connectivity index (χ1) is 8.93. The molecule has 0 radical (unpaired) electrons. The Morgan fingerprint density at radius 1 is 1.47 bits per heavy atom. The van der Waals surface area contributed by atoms with Crippen LogP contribution in [0.1, 0.15) is 32.6 Å². The summed E-state index contributed by atoms with van der Waals surface area (Å²) in [6, 6.07) is -0.00712. The fraction of sp³-hybridized carbons (Fsp3) is 0.846. The van der Waals surface area contributed by atoms with Gasteiger partial charge in [-0.15, -0.1) is 0 Å². The number of carbonyl (C=O) groups excluding carboxylic acids is 1. The van der Waals surface area contributed by atoms with Crippen molar-refractivity contribution in [2.75, 3.05) is 27.2 Å². The number of hydrogen-bond donors (Lipinski definition) is 2. The highest BCUT2D eigenvalue weighted by Gasteiger charge is 2.28. The normalized spacial score (nSPS) is 20.6. The molecule has 0 spiro atoms. The maximum absolute atomic E-state index is 12.1. The highest BCUT2D eigenvalue weighted by Crippen LogP contribution is 2.13. The van der Waals surface area contributed by atoms with Gasteiger partial charge in [-0.2, -0.15) is 0 Å². The molecule has 1 heterocycles. The number of urea groups is 1. The van der Waals surface area contributed by atoms with E-state index in [1.807, 2.05) is 21.0 Å². The highest BCUT2D eigenvalue weighted by atomic mass is 16.4. The number of hydrogen-bond acceptors (Lipinski definition) is 3. The van der Waals surface area contributed by atoms with Crippen LogP contribution < -0.4 is 5.32 Å². The molecule has 2 N–H and O–H groups in total. The molecule has 2 atom stereocenters. The molecule has 6 nitrogen and oxygen atoms in total. The molecule has 2 amide bonds. The van der Waals surface area contributed by atoms with Crippen LogP contribution in [0.3, 0.4) is 0 Å². The number of carboxylic acids is 1. The summed E-state index contributed by atoms with van der Waals surface area (Å²) in [5.74, 6) is -0.869. The van der Waals surface area contributed by atoms with Gasteiger partial charge in [0.2, 0.25) is 0 Å². The van der Waals surface area contributed by atoms with Crippen LogP contribution in [0, 0.1) is 0 Å². The molecule has 1 fully saturated rings. The molecular formula is C13H25N3O3. The molecule has 1 rings (SSSR count). The van der Waals surface area contributed by atoms with E-state index in [-0.39, 0.29) is 18.5 Å². The van der Waals surface area contributed by atoms with E-state index >= 15 is 0 Å². The lowest BCUT2D eigenvalue weighted by molar-refractivity contribution is -0.137. The number of likely N-dealkylation sites (tertiary alicyclic amines) is 1. The van der Waals surface area contributed by atoms with Crippen LogP contribution in [0.2, 0.25) is 0 Å². The number of nitrogens with one attached hydrogen (secondary N) is 1. The first-order valence-corrected chi connectivity index (χ1v) is 6.87. The average Bonchev–Trinajstić information content (AvgIpc) is 2.77. The first-order valence-electron chi connectivity index (χ1n) is 6.87. The molecule has 0 saturated carbocycles. The lowest BCUT2D eigenvalue weighted by Gasteiger charge is -2.23. The predicted octanol–water partition coefficient (Wildman–Crippen LogP) is 0.975. The Balaban J connectivity index is 2.46. The van der Waals surface area contributed by atoms with Gasteiger partial charge in [0.1, 0.15) is 0 Å². The van der Waals surface area contributed by atoms with Crippen LogP contribution in [0.4, 0.5) is 4.79 Å². The summed E-state index contributed by atoms with van der Waals surface area (Å²) >= 11 is 0. The SMILES string of the molecule is CCCC(CC(=O)O)NC(=O)N1CCC(N(C)C)C1. The zero-order valence-corrected chi connectivity index (χ0v) is 12.1. The number of carbonyl (C=O) groups is 2. The number of carboxylic acid groups (broad SMARTS) is 1. The Morgan fingerprint density at radius 3 is 2.63 bits per heavy atom. The minimum atomic E-state index is -0.869. The molecule has 6 heteroatoms. The molecule has 0 aromatic carbocycles. The van der Waals surface area contributed by atoms with Crippen LogP contribution in [0.15, 0.2) is 0 Å². The van der Waals surface area contributed by atoms with E-state index in [9.17, 15) is 9.59 Å². The van der Waals surface area contributed by atoms with Crippen molar-refractivity contribution in [1.29, 1.82) is 0 Å². The molecule has 0 aromatic heterocycles. The third-order valence-electron chi connectivity index (χ3n) is 3.57. The number of rotatable bonds is 6. The molecule has 1 aliphatic rings. The predicted molar refractivity (Wildman–Crippen MR) is 73.1 cm³/mol. The van der Waals surface area contributed by atoms with Crippen molar-refractivity contribution in [3.05, 3.63) is 0 Å². The number of amides is 2. The molecule has 1 saturated heterocycles. The van der Waals surface area contributed by atoms with Gasteiger partial charge >= 0.3 is 12.0 Å². The lowest BCUT2D eigenvalue weighted by Crippen LogP contribution is -2.45. The Morgan fingerprint density at radius 2 is 2.16 bits per heavy atom. The van der Waals surface area contributed by atoms with Crippen LogP contribution in [-0.4, -0.2) is 66.2 Å². The molecule has 110 valence electrons. The zero-order chi connectivity index (χ0) is 14.4. The summed E-state index contributed by atoms with van der Waals surface area (Å²) in [4.78, 5) is 26.7. The monoisotopic (exact) mass is 271 g/mol. The van der Waals surface area contributed by atoms with Gasteiger partial charge in [-0.3, -0.25) is 4.79 Å². The van der Waals surface area contributed by atoms with Crippen LogP contribution in [-0.2, 0) is 4.79 Å². The second-order valence-electron chi connectivity index (χ2n) is 5.39. The van der Waals surface area contributed by atoms with Crippen molar-refractivity contribution in [3.63, 3.8) is 0 Å². The summed E-state index contributed by atoms with van der Waals surface area (Å²) in [5.41, 5.74) is 0. The fourth-order valence-corrected chi connectivity index (χ4v) is 2.40. The lowest BCUT2D eigenvalue weighted by atomic mass is 10.1. The standard InChI is InChI=1S/C13H25N3O3/c1-4-5-10(8-12(17)18)14-13(19)16-7-6-11(9-16)15(2)3/h10-11H,4-9H2,1-3H3,(H,14,19)(H,17,18). The Labute approximate surface area is 114 Å². The van der Waals surface area contributed by atoms with Crippen molar-refractivity contribution < 1.29 is 14.7 Å². The van der Waals surface area contributed by atoms with Gasteiger partial charge in [-0.1, -0.05) is 13.3 Å². The second kappa shape index (κ2) is 7.33. The van der Waals surface area contributed by atoms with Crippen molar-refractivity contribution >= 4 is 12.0 Å². The highest BCUT2D eigenvalue weighted by molar-refractivity contribution is 5.76. The third kappa shape index (κ3) is 5.06. The van der Waals surface area contributed by atoms with Gasteiger partial charge in [-0.05, 0) is 26.9 Å². The molecular weight excluding hydrogens is 246 g/mol. The molecule has 0 aromatic rings. The van der Waals surface area contributed by atoms with E-state index in [2.05, 4.69) is 10.2 Å². The molecule has 0 bridgehead atoms. The maximum atomic E-state index is 12.1.